The highest BCUT2D eigenvalue weighted by atomic mass is 19.1. The van der Waals surface area contributed by atoms with Gasteiger partial charge in [-0.2, -0.15) is 0 Å². The number of carbonyl (C=O) groups is 2. The molecule has 0 saturated heterocycles. The summed E-state index contributed by atoms with van der Waals surface area (Å²) in [4.78, 5) is 38.5. The minimum atomic E-state index is -0.438. The van der Waals surface area contributed by atoms with E-state index in [2.05, 4.69) is 20.9 Å². The van der Waals surface area contributed by atoms with Gasteiger partial charge < -0.3 is 20.9 Å². The van der Waals surface area contributed by atoms with Gasteiger partial charge in [0.2, 0.25) is 0 Å². The number of hydrogen-bond donors (Lipinski definition) is 4. The molecule has 0 bridgehead atoms. The van der Waals surface area contributed by atoms with E-state index < -0.39 is 17.4 Å². The lowest BCUT2D eigenvalue weighted by Gasteiger charge is -2.25. The Morgan fingerprint density at radius 3 is 2.76 bits per heavy atom. The van der Waals surface area contributed by atoms with Gasteiger partial charge in [0.1, 0.15) is 5.82 Å². The molecule has 3 amide bonds. The fourth-order valence-electron chi connectivity index (χ4n) is 2.85. The second-order valence-electron chi connectivity index (χ2n) is 5.90. The average Bonchev–Trinajstić information content (AvgIpc) is 2.51. The summed E-state index contributed by atoms with van der Waals surface area (Å²) in [6.45, 7) is 3.36. The highest BCUT2D eigenvalue weighted by molar-refractivity contribution is 5.98. The number of halogens is 1. The number of carbonyl (C=O) groups excluding carboxylic acids is 2. The molecule has 130 valence electrons. The normalized spacial score (nSPS) is 17.2. The van der Waals surface area contributed by atoms with Gasteiger partial charge in [0.15, 0.2) is 0 Å². The first-order valence-electron chi connectivity index (χ1n) is 7.73. The van der Waals surface area contributed by atoms with Crippen LogP contribution < -0.4 is 21.5 Å². The maximum absolute atomic E-state index is 13.2. The zero-order valence-electron chi connectivity index (χ0n) is 13.7. The fourth-order valence-corrected chi connectivity index (χ4v) is 2.85. The van der Waals surface area contributed by atoms with Crippen LogP contribution in [0.4, 0.5) is 9.18 Å². The summed E-state index contributed by atoms with van der Waals surface area (Å²) in [5.74, 6) is -0.816. The molecule has 1 aromatic heterocycles. The van der Waals surface area contributed by atoms with Crippen molar-refractivity contribution in [2.24, 2.45) is 0 Å². The van der Waals surface area contributed by atoms with Crippen molar-refractivity contribution in [2.75, 3.05) is 0 Å². The molecular formula is C17H17FN4O3. The van der Waals surface area contributed by atoms with Gasteiger partial charge in [-0.05, 0) is 43.5 Å². The van der Waals surface area contributed by atoms with Crippen LogP contribution in [0.1, 0.15) is 19.4 Å². The third-order valence-corrected chi connectivity index (χ3v) is 4.05. The first-order chi connectivity index (χ1) is 11.8. The number of allylic oxidation sites excluding steroid dienone is 1. The van der Waals surface area contributed by atoms with Gasteiger partial charge in [-0.1, -0.05) is 0 Å². The molecule has 1 aliphatic heterocycles. The first kappa shape index (κ1) is 16.7. The van der Waals surface area contributed by atoms with Gasteiger partial charge in [-0.15, -0.1) is 0 Å². The minimum absolute atomic E-state index is 0.0128. The third kappa shape index (κ3) is 3.37. The van der Waals surface area contributed by atoms with Crippen molar-refractivity contribution in [3.63, 3.8) is 0 Å². The summed E-state index contributed by atoms with van der Waals surface area (Å²) >= 11 is 0. The van der Waals surface area contributed by atoms with Crippen molar-refractivity contribution in [1.29, 1.82) is 0 Å². The van der Waals surface area contributed by atoms with Crippen LogP contribution in [0.3, 0.4) is 0 Å². The van der Waals surface area contributed by atoms with Gasteiger partial charge in [-0.3, -0.25) is 9.59 Å². The molecule has 0 saturated carbocycles. The first-order valence-corrected chi connectivity index (χ1v) is 7.73. The van der Waals surface area contributed by atoms with Crippen LogP contribution in [-0.2, 0) is 11.3 Å². The maximum Gasteiger partial charge on any atom is 0.319 e. The number of H-pyrrole nitrogens is 1. The van der Waals surface area contributed by atoms with E-state index in [0.717, 1.165) is 0 Å². The van der Waals surface area contributed by atoms with E-state index in [4.69, 9.17) is 0 Å². The largest absolute Gasteiger partial charge is 0.348 e. The molecule has 2 aromatic rings. The van der Waals surface area contributed by atoms with E-state index in [-0.39, 0.29) is 18.5 Å². The van der Waals surface area contributed by atoms with Crippen LogP contribution in [0.2, 0.25) is 0 Å². The number of urea groups is 1. The number of benzene rings is 1. The number of pyridine rings is 1. The number of hydrogen-bond acceptors (Lipinski definition) is 3. The number of amides is 3. The van der Waals surface area contributed by atoms with E-state index in [1.54, 1.807) is 26.0 Å². The fraction of sp³-hybridized carbons (Fsp3) is 0.235. The second kappa shape index (κ2) is 6.39. The Morgan fingerprint density at radius 1 is 1.28 bits per heavy atom. The molecule has 2 heterocycles. The molecule has 4 N–H and O–H groups in total. The lowest BCUT2D eigenvalue weighted by Crippen LogP contribution is -2.50. The molecule has 0 aliphatic carbocycles. The van der Waals surface area contributed by atoms with Crippen molar-refractivity contribution in [3.8, 4) is 0 Å². The van der Waals surface area contributed by atoms with Crippen LogP contribution in [-0.4, -0.2) is 23.0 Å². The average molecular weight is 344 g/mol. The summed E-state index contributed by atoms with van der Waals surface area (Å²) in [5.41, 5.74) is 1.22. The summed E-state index contributed by atoms with van der Waals surface area (Å²) in [6, 6.07) is 4.91. The standard InChI is InChI=1S/C17H17FN4O3/c1-8-14(9(2)21-17(25)20-8)16(24)19-7-11-5-10-3-4-12(18)6-13(10)22-15(11)23/h3-6,8H,7H2,1-2H3,(H,19,24)(H,22,23)(H2,20,21,25). The van der Waals surface area contributed by atoms with E-state index in [1.165, 1.54) is 12.1 Å². The molecule has 1 aromatic carbocycles. The lowest BCUT2D eigenvalue weighted by atomic mass is 10.0. The predicted molar refractivity (Wildman–Crippen MR) is 90.2 cm³/mol. The molecule has 0 radical (unpaired) electrons. The van der Waals surface area contributed by atoms with E-state index >= 15 is 0 Å². The third-order valence-electron chi connectivity index (χ3n) is 4.05. The van der Waals surface area contributed by atoms with Gasteiger partial charge >= 0.3 is 6.03 Å². The Balaban J connectivity index is 1.80. The quantitative estimate of drug-likeness (QED) is 0.674. The molecule has 7 nitrogen and oxygen atoms in total. The summed E-state index contributed by atoms with van der Waals surface area (Å²) < 4.78 is 13.2. The highest BCUT2D eigenvalue weighted by Crippen LogP contribution is 2.14. The highest BCUT2D eigenvalue weighted by Gasteiger charge is 2.26. The van der Waals surface area contributed by atoms with E-state index in [1.807, 2.05) is 0 Å². The van der Waals surface area contributed by atoms with E-state index in [0.29, 0.717) is 27.7 Å². The molecule has 0 fully saturated rings. The maximum atomic E-state index is 13.2. The SMILES string of the molecule is CC1=C(C(=O)NCc2cc3ccc(F)cc3[nH]c2=O)C(C)NC(=O)N1. The summed E-state index contributed by atoms with van der Waals surface area (Å²) in [5, 5.41) is 8.50. The van der Waals surface area contributed by atoms with Gasteiger partial charge in [-0.25, -0.2) is 9.18 Å². The van der Waals surface area contributed by atoms with Crippen molar-refractivity contribution in [1.82, 2.24) is 20.9 Å². The molecule has 3 rings (SSSR count). The van der Waals surface area contributed by atoms with Crippen LogP contribution in [0.25, 0.3) is 10.9 Å². The Kier molecular flexibility index (Phi) is 4.26. The Morgan fingerprint density at radius 2 is 2.04 bits per heavy atom. The lowest BCUT2D eigenvalue weighted by molar-refractivity contribution is -0.118. The Hall–Kier alpha value is -3.16. The van der Waals surface area contributed by atoms with Crippen molar-refractivity contribution >= 4 is 22.8 Å². The van der Waals surface area contributed by atoms with Crippen molar-refractivity contribution < 1.29 is 14.0 Å². The van der Waals surface area contributed by atoms with Gasteiger partial charge in [0.25, 0.3) is 11.5 Å². The van der Waals surface area contributed by atoms with Gasteiger partial charge in [0.05, 0.1) is 17.1 Å². The van der Waals surface area contributed by atoms with Crippen LogP contribution in [0, 0.1) is 5.82 Å². The molecular weight excluding hydrogens is 327 g/mol. The molecule has 25 heavy (non-hydrogen) atoms. The number of aromatic nitrogens is 1. The summed E-state index contributed by atoms with van der Waals surface area (Å²) in [7, 11) is 0. The van der Waals surface area contributed by atoms with Crippen LogP contribution in [0.5, 0.6) is 0 Å². The summed E-state index contributed by atoms with van der Waals surface area (Å²) in [6.07, 6.45) is 0. The number of rotatable bonds is 3. The van der Waals surface area contributed by atoms with Crippen LogP contribution in [0.15, 0.2) is 40.3 Å². The smallest absolute Gasteiger partial charge is 0.319 e. The molecule has 1 unspecified atom stereocenters. The van der Waals surface area contributed by atoms with Crippen molar-refractivity contribution in [3.05, 3.63) is 57.3 Å². The second-order valence-corrected chi connectivity index (χ2v) is 5.90. The van der Waals surface area contributed by atoms with Crippen molar-refractivity contribution in [2.45, 2.75) is 26.4 Å². The predicted octanol–water partition coefficient (Wildman–Crippen LogP) is 1.26. The molecule has 0 spiro atoms. The number of aromatic amines is 1. The molecule has 1 aliphatic rings. The zero-order chi connectivity index (χ0) is 18.1. The minimum Gasteiger partial charge on any atom is -0.348 e. The Bertz CT molecular complexity index is 964. The number of nitrogens with one attached hydrogen (secondary N) is 4. The van der Waals surface area contributed by atoms with Gasteiger partial charge in [0, 0.05) is 17.8 Å². The Labute approximate surface area is 142 Å². The van der Waals surface area contributed by atoms with Crippen LogP contribution >= 0.6 is 0 Å². The zero-order valence-corrected chi connectivity index (χ0v) is 13.7. The monoisotopic (exact) mass is 344 g/mol. The molecule has 8 heteroatoms. The molecule has 1 atom stereocenters. The topological polar surface area (TPSA) is 103 Å². The van der Waals surface area contributed by atoms with E-state index in [9.17, 15) is 18.8 Å². The number of fused-ring (bicyclic) bond motifs is 1.